The molecule has 0 bridgehead atoms. The number of para-hydroxylation sites is 3. The summed E-state index contributed by atoms with van der Waals surface area (Å²) >= 11 is 0. The summed E-state index contributed by atoms with van der Waals surface area (Å²) in [5.74, 6) is 0.623. The number of fused-ring (bicyclic) bond motifs is 13. The largest absolute Gasteiger partial charge is 0.309 e. The Hall–Kier alpha value is -9.32. The molecule has 0 fully saturated rings. The zero-order valence-electron chi connectivity index (χ0n) is 37.3. The third-order valence-electron chi connectivity index (χ3n) is 14.4. The lowest BCUT2D eigenvalue weighted by Crippen LogP contribution is -2.04. The van der Waals surface area contributed by atoms with Crippen molar-refractivity contribution in [2.24, 2.45) is 0 Å². The van der Waals surface area contributed by atoms with Gasteiger partial charge in [-0.2, -0.15) is 0 Å². The second-order valence-corrected chi connectivity index (χ2v) is 18.2. The van der Waals surface area contributed by atoms with Gasteiger partial charge >= 0.3 is 0 Å². The van der Waals surface area contributed by atoms with Gasteiger partial charge < -0.3 is 9.13 Å². The Kier molecular flexibility index (Phi) is 8.00. The highest BCUT2D eigenvalue weighted by Crippen LogP contribution is 2.44. The molecule has 0 aliphatic rings. The predicted octanol–water partition coefficient (Wildman–Crippen LogP) is 16.6. The fourth-order valence-corrected chi connectivity index (χ4v) is 11.3. The van der Waals surface area contributed by atoms with Crippen LogP contribution in [-0.2, 0) is 0 Å². The molecule has 11 aromatic carbocycles. The molecule has 0 radical (unpaired) electrons. The fourth-order valence-electron chi connectivity index (χ4n) is 11.3. The standard InChI is InChI=1S/C64H39N5/c1-3-17-43-36-45(30-28-40(43)14-1)53-39-54(46-31-29-41-15-2-4-18-44(41)37-46)66-64(65-53)69-56-24-10-7-21-49(56)50-33-32-47(38-61(50)69)67-57-25-11-8-22-51(57)62-59(67)34-35-60-63(62)52-23-9-12-26-58(52)68(60)55-27-13-19-42-16-5-6-20-48(42)55/h1-39H. The summed E-state index contributed by atoms with van der Waals surface area (Å²) in [6, 6.07) is 85.7. The molecule has 5 heteroatoms. The molecule has 4 aromatic heterocycles. The first-order chi connectivity index (χ1) is 34.2. The summed E-state index contributed by atoms with van der Waals surface area (Å²) in [7, 11) is 0. The first-order valence-corrected chi connectivity index (χ1v) is 23.6. The predicted molar refractivity (Wildman–Crippen MR) is 288 cm³/mol. The van der Waals surface area contributed by atoms with Gasteiger partial charge in [0.2, 0.25) is 5.95 Å². The maximum absolute atomic E-state index is 5.49. The van der Waals surface area contributed by atoms with Gasteiger partial charge in [0.15, 0.2) is 0 Å². The molecule has 4 heterocycles. The zero-order chi connectivity index (χ0) is 45.2. The van der Waals surface area contributed by atoms with Crippen molar-refractivity contribution < 1.29 is 0 Å². The van der Waals surface area contributed by atoms with E-state index < -0.39 is 0 Å². The van der Waals surface area contributed by atoms with E-state index in [9.17, 15) is 0 Å². The van der Waals surface area contributed by atoms with Crippen molar-refractivity contribution in [1.82, 2.24) is 23.7 Å². The maximum atomic E-state index is 5.49. The normalized spacial score (nSPS) is 12.1. The van der Waals surface area contributed by atoms with E-state index in [0.29, 0.717) is 5.95 Å². The monoisotopic (exact) mass is 877 g/mol. The molecule has 0 N–H and O–H groups in total. The van der Waals surface area contributed by atoms with Gasteiger partial charge in [0.25, 0.3) is 0 Å². The van der Waals surface area contributed by atoms with E-state index >= 15 is 0 Å². The Morgan fingerprint density at radius 2 is 0.739 bits per heavy atom. The van der Waals surface area contributed by atoms with Gasteiger partial charge in [-0.25, -0.2) is 9.97 Å². The quantitative estimate of drug-likeness (QED) is 0.173. The van der Waals surface area contributed by atoms with Crippen molar-refractivity contribution in [3.8, 4) is 39.8 Å². The van der Waals surface area contributed by atoms with Gasteiger partial charge in [0.05, 0.1) is 50.2 Å². The highest BCUT2D eigenvalue weighted by molar-refractivity contribution is 6.29. The number of nitrogens with zero attached hydrogens (tertiary/aromatic N) is 5. The third-order valence-corrected chi connectivity index (χ3v) is 14.4. The summed E-state index contributed by atoms with van der Waals surface area (Å²) in [5, 5.41) is 14.4. The molecule has 15 aromatic rings. The maximum Gasteiger partial charge on any atom is 0.235 e. The Bertz CT molecular complexity index is 4520. The van der Waals surface area contributed by atoms with Crippen molar-refractivity contribution >= 4 is 97.7 Å². The van der Waals surface area contributed by atoms with Gasteiger partial charge in [-0.1, -0.05) is 170 Å². The summed E-state index contributed by atoms with van der Waals surface area (Å²) in [6.45, 7) is 0. The highest BCUT2D eigenvalue weighted by atomic mass is 15.2. The molecule has 0 unspecified atom stereocenters. The number of benzene rings is 11. The van der Waals surface area contributed by atoms with E-state index in [1.807, 2.05) is 0 Å². The number of hydrogen-bond donors (Lipinski definition) is 0. The lowest BCUT2D eigenvalue weighted by atomic mass is 10.0. The van der Waals surface area contributed by atoms with E-state index in [1.54, 1.807) is 0 Å². The molecule has 0 amide bonds. The SMILES string of the molecule is c1ccc2cc(-c3cc(-c4ccc5ccccc5c4)nc(-n4c5ccccc5c5ccc(-n6c7ccccc7c7c8c9ccccc9n(-c9cccc%10ccccc9%10)c8ccc76)cc54)n3)ccc2c1. The average molecular weight is 878 g/mol. The minimum Gasteiger partial charge on any atom is -0.309 e. The van der Waals surface area contributed by atoms with Crippen molar-refractivity contribution in [1.29, 1.82) is 0 Å². The van der Waals surface area contributed by atoms with Crippen LogP contribution in [0.15, 0.2) is 237 Å². The van der Waals surface area contributed by atoms with Gasteiger partial charge in [-0.05, 0) is 93.7 Å². The lowest BCUT2D eigenvalue weighted by molar-refractivity contribution is 0.995. The zero-order valence-corrected chi connectivity index (χ0v) is 37.3. The summed E-state index contributed by atoms with van der Waals surface area (Å²) < 4.78 is 7.18. The molecular weight excluding hydrogens is 839 g/mol. The minimum atomic E-state index is 0.623. The van der Waals surface area contributed by atoms with Crippen LogP contribution < -0.4 is 0 Å². The number of hydrogen-bond acceptors (Lipinski definition) is 2. The fraction of sp³-hybridized carbons (Fsp3) is 0. The molecule has 5 nitrogen and oxygen atoms in total. The van der Waals surface area contributed by atoms with Crippen LogP contribution in [-0.4, -0.2) is 23.7 Å². The highest BCUT2D eigenvalue weighted by Gasteiger charge is 2.23. The first kappa shape index (κ1) is 37.9. The second kappa shape index (κ2) is 14.6. The van der Waals surface area contributed by atoms with Crippen LogP contribution in [0.1, 0.15) is 0 Å². The molecule has 0 spiro atoms. The van der Waals surface area contributed by atoms with Gasteiger partial charge in [-0.3, -0.25) is 4.57 Å². The Morgan fingerprint density at radius 3 is 1.38 bits per heavy atom. The Labute approximate surface area is 396 Å². The van der Waals surface area contributed by atoms with Crippen LogP contribution >= 0.6 is 0 Å². The molecule has 0 saturated heterocycles. The van der Waals surface area contributed by atoms with Crippen LogP contribution in [0.25, 0.3) is 138 Å². The number of rotatable bonds is 5. The number of aromatic nitrogens is 5. The van der Waals surface area contributed by atoms with Crippen molar-refractivity contribution in [3.05, 3.63) is 237 Å². The van der Waals surface area contributed by atoms with Crippen molar-refractivity contribution in [3.63, 3.8) is 0 Å². The van der Waals surface area contributed by atoms with Crippen molar-refractivity contribution in [2.75, 3.05) is 0 Å². The van der Waals surface area contributed by atoms with Crippen LogP contribution in [0.5, 0.6) is 0 Å². The second-order valence-electron chi connectivity index (χ2n) is 18.2. The molecule has 0 saturated carbocycles. The third kappa shape index (κ3) is 5.65. The minimum absolute atomic E-state index is 0.623. The smallest absolute Gasteiger partial charge is 0.235 e. The molecule has 320 valence electrons. The molecule has 0 aliphatic heterocycles. The molecule has 15 rings (SSSR count). The van der Waals surface area contributed by atoms with Gasteiger partial charge in [-0.15, -0.1) is 0 Å². The van der Waals surface area contributed by atoms with Gasteiger partial charge in [0, 0.05) is 54.5 Å². The first-order valence-electron chi connectivity index (χ1n) is 23.6. The van der Waals surface area contributed by atoms with Crippen LogP contribution in [0, 0.1) is 0 Å². The molecular formula is C64H39N5. The Balaban J connectivity index is 0.993. The molecule has 69 heavy (non-hydrogen) atoms. The summed E-state index contributed by atoms with van der Waals surface area (Å²) in [6.07, 6.45) is 0. The van der Waals surface area contributed by atoms with E-state index in [2.05, 4.69) is 250 Å². The van der Waals surface area contributed by atoms with E-state index in [-0.39, 0.29) is 0 Å². The van der Waals surface area contributed by atoms with E-state index in [0.717, 1.165) is 61.0 Å². The topological polar surface area (TPSA) is 40.6 Å². The van der Waals surface area contributed by atoms with Crippen LogP contribution in [0.3, 0.4) is 0 Å². The molecule has 0 aliphatic carbocycles. The van der Waals surface area contributed by atoms with Crippen LogP contribution in [0.4, 0.5) is 0 Å². The summed E-state index contributed by atoms with van der Waals surface area (Å²) in [5.41, 5.74) is 12.8. The summed E-state index contributed by atoms with van der Waals surface area (Å²) in [4.78, 5) is 11.0. The molecule has 0 atom stereocenters. The Morgan fingerprint density at radius 1 is 0.261 bits per heavy atom. The van der Waals surface area contributed by atoms with E-state index in [1.165, 1.54) is 70.6 Å². The van der Waals surface area contributed by atoms with Gasteiger partial charge in [0.1, 0.15) is 0 Å². The van der Waals surface area contributed by atoms with E-state index in [4.69, 9.17) is 9.97 Å². The average Bonchev–Trinajstić information content (AvgIpc) is 4.05. The lowest BCUT2D eigenvalue weighted by Gasteiger charge is -2.14. The van der Waals surface area contributed by atoms with Crippen LogP contribution in [0.2, 0.25) is 0 Å². The van der Waals surface area contributed by atoms with Crippen molar-refractivity contribution in [2.45, 2.75) is 0 Å².